The van der Waals surface area contributed by atoms with Crippen LogP contribution in [0.25, 0.3) is 11.4 Å². The van der Waals surface area contributed by atoms with Crippen LogP contribution in [0.4, 0.5) is 0 Å². The molecular weight excluding hydrogens is 370 g/mol. The minimum atomic E-state index is -1.19. The number of nitrogens with zero attached hydrogens (tertiary/aromatic N) is 5. The van der Waals surface area contributed by atoms with Gasteiger partial charge in [-0.15, -0.1) is 0 Å². The van der Waals surface area contributed by atoms with Crippen molar-refractivity contribution in [2.45, 2.75) is 38.2 Å². The van der Waals surface area contributed by atoms with Crippen LogP contribution in [-0.4, -0.2) is 49.1 Å². The summed E-state index contributed by atoms with van der Waals surface area (Å²) in [4.78, 5) is 28.0. The molecule has 1 atom stereocenters. The van der Waals surface area contributed by atoms with Crippen molar-refractivity contribution < 1.29 is 14.4 Å². The van der Waals surface area contributed by atoms with Gasteiger partial charge in [-0.05, 0) is 38.8 Å². The smallest absolute Gasteiger partial charge is 0.258 e. The Hall–Kier alpha value is -3.13. The van der Waals surface area contributed by atoms with E-state index in [1.807, 2.05) is 23.1 Å². The van der Waals surface area contributed by atoms with E-state index in [2.05, 4.69) is 20.1 Å². The van der Waals surface area contributed by atoms with E-state index in [0.29, 0.717) is 35.9 Å². The first kappa shape index (κ1) is 19.2. The van der Waals surface area contributed by atoms with Crippen LogP contribution in [0.1, 0.15) is 54.7 Å². The first-order valence-corrected chi connectivity index (χ1v) is 9.65. The maximum atomic E-state index is 13.3. The van der Waals surface area contributed by atoms with E-state index in [0.717, 1.165) is 12.8 Å². The number of likely N-dealkylation sites (tertiary alicyclic amines) is 1. The molecule has 0 aliphatic carbocycles. The largest absolute Gasteiger partial charge is 0.381 e. The molecule has 1 aliphatic heterocycles. The van der Waals surface area contributed by atoms with Gasteiger partial charge in [0.05, 0.1) is 5.56 Å². The molecule has 2 aromatic heterocycles. The molecule has 4 rings (SSSR count). The Bertz CT molecular complexity index is 997. The quantitative estimate of drug-likeness (QED) is 0.726. The summed E-state index contributed by atoms with van der Waals surface area (Å²) in [6.45, 7) is 4.36. The van der Waals surface area contributed by atoms with E-state index in [1.54, 1.807) is 38.4 Å². The number of hydrogen-bond acceptors (Lipinski definition) is 7. The summed E-state index contributed by atoms with van der Waals surface area (Å²) >= 11 is 0. The number of rotatable bonds is 4. The van der Waals surface area contributed by atoms with Crippen LogP contribution in [0.2, 0.25) is 0 Å². The third kappa shape index (κ3) is 4.02. The third-order valence-electron chi connectivity index (χ3n) is 5.00. The van der Waals surface area contributed by atoms with Crippen LogP contribution < -0.4 is 0 Å². The number of carbonyl (C=O) groups excluding carboxylic acids is 1. The van der Waals surface area contributed by atoms with Gasteiger partial charge in [-0.3, -0.25) is 4.79 Å². The zero-order valence-electron chi connectivity index (χ0n) is 16.4. The van der Waals surface area contributed by atoms with Gasteiger partial charge < -0.3 is 14.5 Å². The summed E-state index contributed by atoms with van der Waals surface area (Å²) in [5, 5.41) is 14.1. The standard InChI is InChI=1S/C21H23N5O3/c1-21(2,28)20-24-17(25-29-20)14-7-5-12-26(13-14)19(27)16-9-4-3-8-15(16)18-22-10-6-11-23-18/h3-4,6,8-11,14,28H,5,7,12-13H2,1-2H3. The second-order valence-corrected chi connectivity index (χ2v) is 7.73. The lowest BCUT2D eigenvalue weighted by atomic mass is 9.96. The van der Waals surface area contributed by atoms with E-state index >= 15 is 0 Å². The van der Waals surface area contributed by atoms with Crippen molar-refractivity contribution in [1.82, 2.24) is 25.0 Å². The van der Waals surface area contributed by atoms with Gasteiger partial charge in [-0.1, -0.05) is 23.4 Å². The van der Waals surface area contributed by atoms with Gasteiger partial charge in [0.2, 0.25) is 0 Å². The van der Waals surface area contributed by atoms with E-state index in [1.165, 1.54) is 0 Å². The Balaban J connectivity index is 1.57. The molecule has 1 N–H and O–H groups in total. The van der Waals surface area contributed by atoms with E-state index in [9.17, 15) is 9.90 Å². The number of carbonyl (C=O) groups is 1. The Labute approximate surface area is 168 Å². The minimum absolute atomic E-state index is 0.0345. The van der Waals surface area contributed by atoms with Crippen LogP contribution in [0.3, 0.4) is 0 Å². The molecule has 29 heavy (non-hydrogen) atoms. The average Bonchev–Trinajstić information content (AvgIpc) is 3.25. The molecule has 1 aliphatic rings. The lowest BCUT2D eigenvalue weighted by molar-refractivity contribution is 0.0420. The second kappa shape index (κ2) is 7.71. The lowest BCUT2D eigenvalue weighted by Gasteiger charge is -2.31. The molecule has 0 spiro atoms. The Morgan fingerprint density at radius 2 is 1.97 bits per heavy atom. The molecule has 8 heteroatoms. The van der Waals surface area contributed by atoms with Crippen LogP contribution >= 0.6 is 0 Å². The van der Waals surface area contributed by atoms with Gasteiger partial charge >= 0.3 is 0 Å². The fourth-order valence-corrected chi connectivity index (χ4v) is 3.49. The van der Waals surface area contributed by atoms with Gasteiger partial charge in [0.15, 0.2) is 11.6 Å². The van der Waals surface area contributed by atoms with Crippen molar-refractivity contribution in [1.29, 1.82) is 0 Å². The molecule has 0 radical (unpaired) electrons. The highest BCUT2D eigenvalue weighted by Gasteiger charge is 2.32. The number of piperidine rings is 1. The highest BCUT2D eigenvalue weighted by atomic mass is 16.5. The van der Waals surface area contributed by atoms with Gasteiger partial charge in [0.25, 0.3) is 11.8 Å². The van der Waals surface area contributed by atoms with Gasteiger partial charge in [0.1, 0.15) is 5.60 Å². The van der Waals surface area contributed by atoms with Crippen LogP contribution in [0.5, 0.6) is 0 Å². The predicted molar refractivity (Wildman–Crippen MR) is 105 cm³/mol. The zero-order valence-corrected chi connectivity index (χ0v) is 16.4. The highest BCUT2D eigenvalue weighted by molar-refractivity contribution is 6.00. The van der Waals surface area contributed by atoms with Crippen molar-refractivity contribution >= 4 is 5.91 Å². The monoisotopic (exact) mass is 393 g/mol. The number of aromatic nitrogens is 4. The summed E-state index contributed by atoms with van der Waals surface area (Å²) < 4.78 is 5.21. The lowest BCUT2D eigenvalue weighted by Crippen LogP contribution is -2.39. The number of benzene rings is 1. The fourth-order valence-electron chi connectivity index (χ4n) is 3.49. The summed E-state index contributed by atoms with van der Waals surface area (Å²) in [6.07, 6.45) is 5.03. The molecule has 1 unspecified atom stereocenters. The van der Waals surface area contributed by atoms with Crippen LogP contribution in [0, 0.1) is 0 Å². The highest BCUT2D eigenvalue weighted by Crippen LogP contribution is 2.29. The molecule has 1 aromatic carbocycles. The average molecular weight is 393 g/mol. The number of amides is 1. The zero-order chi connectivity index (χ0) is 20.4. The molecule has 8 nitrogen and oxygen atoms in total. The van der Waals surface area contributed by atoms with Gasteiger partial charge in [0, 0.05) is 37.0 Å². The minimum Gasteiger partial charge on any atom is -0.381 e. The fraction of sp³-hybridized carbons (Fsp3) is 0.381. The first-order chi connectivity index (χ1) is 13.9. The Kier molecular flexibility index (Phi) is 5.10. The molecular formula is C21H23N5O3. The van der Waals surface area contributed by atoms with E-state index in [-0.39, 0.29) is 17.7 Å². The topological polar surface area (TPSA) is 105 Å². The van der Waals surface area contributed by atoms with Crippen LogP contribution in [0.15, 0.2) is 47.2 Å². The molecule has 3 heterocycles. The summed E-state index contributed by atoms with van der Waals surface area (Å²) in [7, 11) is 0. The SMILES string of the molecule is CC(C)(O)c1nc(C2CCCN(C(=O)c3ccccc3-c3ncccn3)C2)no1. The van der Waals surface area contributed by atoms with Crippen molar-refractivity contribution in [2.75, 3.05) is 13.1 Å². The van der Waals surface area contributed by atoms with Crippen molar-refractivity contribution in [2.24, 2.45) is 0 Å². The van der Waals surface area contributed by atoms with Crippen molar-refractivity contribution in [3.05, 3.63) is 60.0 Å². The summed E-state index contributed by atoms with van der Waals surface area (Å²) in [5.74, 6) is 1.14. The molecule has 1 amide bonds. The Morgan fingerprint density at radius 1 is 1.21 bits per heavy atom. The molecule has 0 bridgehead atoms. The van der Waals surface area contributed by atoms with Gasteiger partial charge in [-0.25, -0.2) is 9.97 Å². The first-order valence-electron chi connectivity index (χ1n) is 9.65. The molecule has 0 saturated carbocycles. The van der Waals surface area contributed by atoms with E-state index in [4.69, 9.17) is 4.52 Å². The molecule has 1 fully saturated rings. The van der Waals surface area contributed by atoms with Crippen LogP contribution in [-0.2, 0) is 5.60 Å². The van der Waals surface area contributed by atoms with E-state index < -0.39 is 5.60 Å². The third-order valence-corrected chi connectivity index (χ3v) is 5.00. The predicted octanol–water partition coefficient (Wildman–Crippen LogP) is 2.77. The number of aliphatic hydroxyl groups is 1. The second-order valence-electron chi connectivity index (χ2n) is 7.73. The summed E-state index contributed by atoms with van der Waals surface area (Å²) in [5.41, 5.74) is 0.0954. The van der Waals surface area contributed by atoms with Crippen molar-refractivity contribution in [3.63, 3.8) is 0 Å². The molecule has 1 saturated heterocycles. The summed E-state index contributed by atoms with van der Waals surface area (Å²) in [6, 6.07) is 9.13. The molecule has 150 valence electrons. The Morgan fingerprint density at radius 3 is 2.69 bits per heavy atom. The number of hydrogen-bond donors (Lipinski definition) is 1. The van der Waals surface area contributed by atoms with Crippen molar-refractivity contribution in [3.8, 4) is 11.4 Å². The normalized spacial score (nSPS) is 17.3. The van der Waals surface area contributed by atoms with Gasteiger partial charge in [-0.2, -0.15) is 4.98 Å². The maximum Gasteiger partial charge on any atom is 0.258 e. The molecule has 3 aromatic rings. The maximum absolute atomic E-state index is 13.3.